The van der Waals surface area contributed by atoms with Gasteiger partial charge in [0.25, 0.3) is 0 Å². The largest absolute Gasteiger partial charge is 0.353 e. The van der Waals surface area contributed by atoms with E-state index in [0.29, 0.717) is 5.56 Å². The van der Waals surface area contributed by atoms with E-state index < -0.39 is 0 Å². The van der Waals surface area contributed by atoms with E-state index in [1.165, 1.54) is 0 Å². The molecule has 3 rings (SSSR count). The van der Waals surface area contributed by atoms with Crippen LogP contribution in [0, 0.1) is 18.3 Å². The fraction of sp³-hybridized carbons (Fsp3) is 0.0588. The molecule has 1 N–H and O–H groups in total. The van der Waals surface area contributed by atoms with Gasteiger partial charge >= 0.3 is 0 Å². The Kier molecular flexibility index (Phi) is 3.59. The maximum atomic E-state index is 9.34. The summed E-state index contributed by atoms with van der Waals surface area (Å²) >= 11 is 3.59. The van der Waals surface area contributed by atoms with Crippen LogP contribution in [0.25, 0.3) is 10.9 Å². The Morgan fingerprint density at radius 1 is 1.14 bits per heavy atom. The number of hydrogen-bond acceptors (Lipinski definition) is 3. The third-order valence-corrected chi connectivity index (χ3v) is 4.40. The van der Waals surface area contributed by atoms with Crippen LogP contribution in [0.15, 0.2) is 53.1 Å². The first-order valence-corrected chi connectivity index (χ1v) is 7.30. The summed E-state index contributed by atoms with van der Waals surface area (Å²) in [6.07, 6.45) is 1.61. The summed E-state index contributed by atoms with van der Waals surface area (Å²) < 4.78 is 0.995. The summed E-state index contributed by atoms with van der Waals surface area (Å²) in [6, 6.07) is 16.0. The Morgan fingerprint density at radius 2 is 1.95 bits per heavy atom. The van der Waals surface area contributed by atoms with Crippen LogP contribution in [0.1, 0.15) is 11.1 Å². The molecule has 3 nitrogen and oxygen atoms in total. The van der Waals surface area contributed by atoms with Gasteiger partial charge in [0.15, 0.2) is 0 Å². The molecule has 0 saturated carbocycles. The van der Waals surface area contributed by atoms with Gasteiger partial charge in [0.05, 0.1) is 22.5 Å². The summed E-state index contributed by atoms with van der Waals surface area (Å²) in [7, 11) is 0. The average molecular weight is 338 g/mol. The molecule has 0 aliphatic rings. The minimum absolute atomic E-state index is 0.530. The molecule has 0 atom stereocenters. The van der Waals surface area contributed by atoms with Gasteiger partial charge < -0.3 is 5.32 Å². The highest BCUT2D eigenvalue weighted by Gasteiger charge is 2.10. The van der Waals surface area contributed by atoms with Crippen LogP contribution < -0.4 is 5.32 Å². The second-order valence-electron chi connectivity index (χ2n) is 4.74. The second-order valence-corrected chi connectivity index (χ2v) is 5.53. The quantitative estimate of drug-likeness (QED) is 0.721. The minimum Gasteiger partial charge on any atom is -0.353 e. The van der Waals surface area contributed by atoms with Crippen molar-refractivity contribution in [2.75, 3.05) is 5.32 Å². The minimum atomic E-state index is 0.530. The third kappa shape index (κ3) is 2.48. The topological polar surface area (TPSA) is 48.7 Å². The number of hydrogen-bond donors (Lipinski definition) is 1. The lowest BCUT2D eigenvalue weighted by molar-refractivity contribution is 1.35. The Labute approximate surface area is 131 Å². The first-order chi connectivity index (χ1) is 10.2. The average Bonchev–Trinajstić information content (AvgIpc) is 2.52. The van der Waals surface area contributed by atoms with Crippen molar-refractivity contribution in [2.45, 2.75) is 6.92 Å². The molecule has 1 aromatic heterocycles. The molecule has 2 aromatic carbocycles. The molecular weight excluding hydrogens is 326 g/mol. The van der Waals surface area contributed by atoms with Gasteiger partial charge in [-0.3, -0.25) is 4.98 Å². The maximum absolute atomic E-state index is 9.34. The standard InChI is InChI=1S/C17H12BrN3/c1-11-5-4-8-15(16(11)18)21-17-12(9-19)10-20-14-7-3-2-6-13(14)17/h2-8,10H,1H3,(H,20,21). The number of fused-ring (bicyclic) bond motifs is 1. The van der Waals surface area contributed by atoms with Crippen LogP contribution in [0.2, 0.25) is 0 Å². The summed E-state index contributed by atoms with van der Waals surface area (Å²) in [4.78, 5) is 4.32. The molecule has 0 spiro atoms. The van der Waals surface area contributed by atoms with Gasteiger partial charge in [0, 0.05) is 16.1 Å². The molecule has 0 aliphatic carbocycles. The first kappa shape index (κ1) is 13.6. The molecule has 0 bridgehead atoms. The maximum Gasteiger partial charge on any atom is 0.103 e. The normalized spacial score (nSPS) is 10.3. The number of halogens is 1. The fourth-order valence-electron chi connectivity index (χ4n) is 2.24. The number of benzene rings is 2. The Bertz CT molecular complexity index is 866. The zero-order chi connectivity index (χ0) is 14.8. The highest BCUT2D eigenvalue weighted by atomic mass is 79.9. The molecule has 102 valence electrons. The lowest BCUT2D eigenvalue weighted by Gasteiger charge is -2.13. The molecule has 21 heavy (non-hydrogen) atoms. The number of pyridine rings is 1. The number of nitrogens with one attached hydrogen (secondary N) is 1. The van der Waals surface area contributed by atoms with Gasteiger partial charge in [-0.15, -0.1) is 0 Å². The highest BCUT2D eigenvalue weighted by Crippen LogP contribution is 2.33. The van der Waals surface area contributed by atoms with Gasteiger partial charge in [0.1, 0.15) is 6.07 Å². The van der Waals surface area contributed by atoms with Crippen molar-refractivity contribution >= 4 is 38.2 Å². The van der Waals surface area contributed by atoms with Crippen LogP contribution in [-0.4, -0.2) is 4.98 Å². The van der Waals surface area contributed by atoms with Crippen molar-refractivity contribution in [1.29, 1.82) is 5.26 Å². The molecule has 0 amide bonds. The molecule has 0 fully saturated rings. The molecule has 0 radical (unpaired) electrons. The number of nitriles is 1. The van der Waals surface area contributed by atoms with Crippen molar-refractivity contribution in [1.82, 2.24) is 4.98 Å². The van der Waals surface area contributed by atoms with Crippen molar-refractivity contribution in [3.8, 4) is 6.07 Å². The van der Waals surface area contributed by atoms with Crippen LogP contribution in [0.5, 0.6) is 0 Å². The van der Waals surface area contributed by atoms with Gasteiger partial charge in [-0.05, 0) is 40.5 Å². The smallest absolute Gasteiger partial charge is 0.103 e. The van der Waals surface area contributed by atoms with Crippen molar-refractivity contribution < 1.29 is 0 Å². The van der Waals surface area contributed by atoms with Gasteiger partial charge in [0.2, 0.25) is 0 Å². The van der Waals surface area contributed by atoms with Gasteiger partial charge in [-0.25, -0.2) is 0 Å². The van der Waals surface area contributed by atoms with Crippen LogP contribution >= 0.6 is 15.9 Å². The first-order valence-electron chi connectivity index (χ1n) is 6.50. The van der Waals surface area contributed by atoms with Crippen LogP contribution in [0.3, 0.4) is 0 Å². The lowest BCUT2D eigenvalue weighted by Crippen LogP contribution is -1.98. The molecule has 4 heteroatoms. The molecule has 1 heterocycles. The Morgan fingerprint density at radius 3 is 2.76 bits per heavy atom. The summed E-state index contributed by atoms with van der Waals surface area (Å²) in [5.74, 6) is 0. The van der Waals surface area contributed by atoms with E-state index in [4.69, 9.17) is 0 Å². The number of aromatic nitrogens is 1. The van der Waals surface area contributed by atoms with Gasteiger partial charge in [-0.2, -0.15) is 5.26 Å². The SMILES string of the molecule is Cc1cccc(Nc2c(C#N)cnc3ccccc23)c1Br. The molecule has 3 aromatic rings. The number of rotatable bonds is 2. The number of nitrogens with zero attached hydrogens (tertiary/aromatic N) is 2. The highest BCUT2D eigenvalue weighted by molar-refractivity contribution is 9.10. The van der Waals surface area contributed by atoms with Crippen molar-refractivity contribution in [3.05, 3.63) is 64.3 Å². The summed E-state index contributed by atoms with van der Waals surface area (Å²) in [5, 5.41) is 13.6. The predicted octanol–water partition coefficient (Wildman–Crippen LogP) is 4.92. The second kappa shape index (κ2) is 5.55. The van der Waals surface area contributed by atoms with E-state index in [9.17, 15) is 5.26 Å². The van der Waals surface area contributed by atoms with E-state index in [-0.39, 0.29) is 0 Å². The zero-order valence-corrected chi connectivity index (χ0v) is 13.0. The van der Waals surface area contributed by atoms with Crippen LogP contribution in [0.4, 0.5) is 11.4 Å². The fourth-order valence-corrected chi connectivity index (χ4v) is 2.60. The third-order valence-electron chi connectivity index (χ3n) is 3.35. The number of para-hydroxylation sites is 1. The lowest BCUT2D eigenvalue weighted by atomic mass is 10.1. The zero-order valence-electron chi connectivity index (χ0n) is 11.4. The van der Waals surface area contributed by atoms with Crippen molar-refractivity contribution in [2.24, 2.45) is 0 Å². The number of aryl methyl sites for hydroxylation is 1. The van der Waals surface area contributed by atoms with Gasteiger partial charge in [-0.1, -0.05) is 30.3 Å². The van der Waals surface area contributed by atoms with Crippen LogP contribution in [-0.2, 0) is 0 Å². The van der Waals surface area contributed by atoms with E-state index in [1.54, 1.807) is 6.20 Å². The Hall–Kier alpha value is -2.38. The van der Waals surface area contributed by atoms with E-state index >= 15 is 0 Å². The molecular formula is C17H12BrN3. The monoisotopic (exact) mass is 337 g/mol. The molecule has 0 saturated heterocycles. The molecule has 0 aliphatic heterocycles. The van der Waals surface area contributed by atoms with Crippen molar-refractivity contribution in [3.63, 3.8) is 0 Å². The number of anilines is 2. The van der Waals surface area contributed by atoms with E-state index in [1.807, 2.05) is 49.4 Å². The van der Waals surface area contributed by atoms with E-state index in [2.05, 4.69) is 32.3 Å². The molecule has 0 unspecified atom stereocenters. The Balaban J connectivity index is 2.20. The predicted molar refractivity (Wildman–Crippen MR) is 88.6 cm³/mol. The summed E-state index contributed by atoms with van der Waals surface area (Å²) in [5.41, 5.74) is 4.25. The summed E-state index contributed by atoms with van der Waals surface area (Å²) in [6.45, 7) is 2.03. The van der Waals surface area contributed by atoms with E-state index in [0.717, 1.165) is 32.3 Å².